The average Bonchev–Trinajstić information content (AvgIpc) is 3.35. The van der Waals surface area contributed by atoms with E-state index in [1.165, 1.54) is 28.2 Å². The monoisotopic (exact) mass is 481 g/mol. The molecule has 0 saturated carbocycles. The first-order valence-corrected chi connectivity index (χ1v) is 12.3. The van der Waals surface area contributed by atoms with Gasteiger partial charge in [0.15, 0.2) is 5.11 Å². The molecule has 1 fully saturated rings. The van der Waals surface area contributed by atoms with E-state index < -0.39 is 0 Å². The molecule has 178 valence electrons. The van der Waals surface area contributed by atoms with E-state index in [9.17, 15) is 0 Å². The van der Waals surface area contributed by atoms with Gasteiger partial charge in [0.25, 0.3) is 0 Å². The van der Waals surface area contributed by atoms with Crippen LogP contribution in [0.3, 0.4) is 0 Å². The molecule has 3 heterocycles. The third-order valence-corrected chi connectivity index (χ3v) is 7.20. The highest BCUT2D eigenvalue weighted by Crippen LogP contribution is 2.44. The number of aryl methyl sites for hydroxylation is 2. The Morgan fingerprint density at radius 3 is 2.29 bits per heavy atom. The van der Waals surface area contributed by atoms with Gasteiger partial charge in [0.1, 0.15) is 0 Å². The minimum Gasteiger partial charge on any atom is -0.378 e. The molecule has 2 aromatic carbocycles. The number of pyridine rings is 1. The van der Waals surface area contributed by atoms with E-state index in [2.05, 4.69) is 115 Å². The molecule has 2 aromatic heterocycles. The fourth-order valence-corrected chi connectivity index (χ4v) is 5.48. The Bertz CT molecular complexity index is 1360. The lowest BCUT2D eigenvalue weighted by molar-refractivity contribution is 0.565. The number of hydrogen-bond donors (Lipinski definition) is 1. The van der Waals surface area contributed by atoms with Crippen molar-refractivity contribution < 1.29 is 0 Å². The van der Waals surface area contributed by atoms with Gasteiger partial charge in [0.2, 0.25) is 0 Å². The highest BCUT2D eigenvalue weighted by atomic mass is 32.1. The van der Waals surface area contributed by atoms with E-state index >= 15 is 0 Å². The molecule has 6 heteroatoms. The first-order chi connectivity index (χ1) is 16.9. The molecule has 4 aromatic rings. The Labute approximate surface area is 213 Å². The number of nitrogens with one attached hydrogen (secondary N) is 1. The van der Waals surface area contributed by atoms with Crippen LogP contribution in [-0.2, 0) is 0 Å². The maximum Gasteiger partial charge on any atom is 0.174 e. The maximum atomic E-state index is 5.93. The molecule has 0 unspecified atom stereocenters. The Kier molecular flexibility index (Phi) is 6.07. The van der Waals surface area contributed by atoms with Crippen LogP contribution < -0.4 is 15.1 Å². The molecule has 5 nitrogen and oxygen atoms in total. The second-order valence-corrected chi connectivity index (χ2v) is 9.74. The van der Waals surface area contributed by atoms with Crippen molar-refractivity contribution in [3.8, 4) is 5.69 Å². The molecular formula is C29H31N5S. The van der Waals surface area contributed by atoms with Gasteiger partial charge in [-0.25, -0.2) is 0 Å². The van der Waals surface area contributed by atoms with Gasteiger partial charge in [0, 0.05) is 48.7 Å². The van der Waals surface area contributed by atoms with Crippen LogP contribution in [-0.4, -0.2) is 28.8 Å². The van der Waals surface area contributed by atoms with Gasteiger partial charge < -0.3 is 19.7 Å². The predicted molar refractivity (Wildman–Crippen MR) is 149 cm³/mol. The topological polar surface area (TPSA) is 36.3 Å². The quantitative estimate of drug-likeness (QED) is 0.352. The van der Waals surface area contributed by atoms with Crippen LogP contribution in [0.15, 0.2) is 79.0 Å². The largest absolute Gasteiger partial charge is 0.378 e. The number of aromatic nitrogens is 2. The Morgan fingerprint density at radius 2 is 1.63 bits per heavy atom. The van der Waals surface area contributed by atoms with E-state index in [-0.39, 0.29) is 12.1 Å². The number of benzene rings is 2. The minimum absolute atomic E-state index is 0.0356. The van der Waals surface area contributed by atoms with Gasteiger partial charge in [-0.2, -0.15) is 0 Å². The van der Waals surface area contributed by atoms with Gasteiger partial charge in [-0.1, -0.05) is 24.3 Å². The lowest BCUT2D eigenvalue weighted by Crippen LogP contribution is -2.29. The normalized spacial score (nSPS) is 17.5. The number of rotatable bonds is 5. The minimum atomic E-state index is -0.0666. The number of para-hydroxylation sites is 1. The summed E-state index contributed by atoms with van der Waals surface area (Å²) in [7, 11) is 4.11. The van der Waals surface area contributed by atoms with Crippen molar-refractivity contribution in [2.24, 2.45) is 0 Å². The molecule has 35 heavy (non-hydrogen) atoms. The summed E-state index contributed by atoms with van der Waals surface area (Å²) in [4.78, 5) is 9.06. The summed E-state index contributed by atoms with van der Waals surface area (Å²) in [5, 5.41) is 4.30. The SMILES string of the molecule is Cc1ccccc1-n1c(C)cc([C@H]2[C@H](c3ccccn3)NC(=S)N2c2ccc(N(C)C)cc2)c1C. The Hall–Kier alpha value is -3.64. The third-order valence-electron chi connectivity index (χ3n) is 6.89. The molecule has 0 aliphatic carbocycles. The van der Waals surface area contributed by atoms with Crippen molar-refractivity contribution in [3.05, 3.63) is 107 Å². The van der Waals surface area contributed by atoms with Crippen molar-refractivity contribution >= 4 is 28.7 Å². The van der Waals surface area contributed by atoms with Gasteiger partial charge in [-0.15, -0.1) is 0 Å². The van der Waals surface area contributed by atoms with Crippen molar-refractivity contribution in [1.29, 1.82) is 0 Å². The second-order valence-electron chi connectivity index (χ2n) is 9.36. The van der Waals surface area contributed by atoms with Crippen molar-refractivity contribution in [2.75, 3.05) is 23.9 Å². The predicted octanol–water partition coefficient (Wildman–Crippen LogP) is 6.04. The number of anilines is 2. The Balaban J connectivity index is 1.67. The lowest BCUT2D eigenvalue weighted by Gasteiger charge is -2.28. The zero-order chi connectivity index (χ0) is 24.7. The standard InChI is InChI=1S/C29H31N5S/c1-19-10-6-7-12-26(19)33-20(2)18-24(21(33)3)28-27(25-11-8-9-17-30-25)31-29(35)34(28)23-15-13-22(14-16-23)32(4)5/h6-18,27-28H,1-5H3,(H,31,35)/t27-,28-/m0/s1. The molecule has 0 radical (unpaired) electrons. The van der Waals surface area contributed by atoms with Crippen molar-refractivity contribution in [1.82, 2.24) is 14.9 Å². The van der Waals surface area contributed by atoms with E-state index in [4.69, 9.17) is 17.2 Å². The zero-order valence-electron chi connectivity index (χ0n) is 20.9. The molecule has 0 bridgehead atoms. The van der Waals surface area contributed by atoms with Gasteiger partial charge in [-0.3, -0.25) is 4.98 Å². The summed E-state index contributed by atoms with van der Waals surface area (Å²) in [6.45, 7) is 6.55. The fourth-order valence-electron chi connectivity index (χ4n) is 5.13. The molecule has 0 spiro atoms. The van der Waals surface area contributed by atoms with Crippen LogP contribution in [0.1, 0.15) is 40.3 Å². The smallest absolute Gasteiger partial charge is 0.174 e. The summed E-state index contributed by atoms with van der Waals surface area (Å²) in [5.41, 5.74) is 9.31. The lowest BCUT2D eigenvalue weighted by atomic mass is 9.96. The van der Waals surface area contributed by atoms with Crippen molar-refractivity contribution in [3.63, 3.8) is 0 Å². The fraction of sp³-hybridized carbons (Fsp3) is 0.241. The van der Waals surface area contributed by atoms with Gasteiger partial charge in [0.05, 0.1) is 17.8 Å². The summed E-state index contributed by atoms with van der Waals surface area (Å²) in [5.74, 6) is 0. The molecule has 1 N–H and O–H groups in total. The van der Waals surface area contributed by atoms with E-state index in [1.807, 2.05) is 18.3 Å². The molecule has 1 aliphatic rings. The van der Waals surface area contributed by atoms with E-state index in [0.29, 0.717) is 5.11 Å². The van der Waals surface area contributed by atoms with E-state index in [0.717, 1.165) is 17.1 Å². The highest BCUT2D eigenvalue weighted by molar-refractivity contribution is 7.80. The second kappa shape index (κ2) is 9.19. The molecular weight excluding hydrogens is 450 g/mol. The maximum absolute atomic E-state index is 5.93. The van der Waals surface area contributed by atoms with Gasteiger partial charge >= 0.3 is 0 Å². The average molecular weight is 482 g/mol. The van der Waals surface area contributed by atoms with Crippen LogP contribution in [0.5, 0.6) is 0 Å². The van der Waals surface area contributed by atoms with Crippen LogP contribution in [0, 0.1) is 20.8 Å². The number of hydrogen-bond acceptors (Lipinski definition) is 3. The van der Waals surface area contributed by atoms with E-state index in [1.54, 1.807) is 0 Å². The molecule has 2 atom stereocenters. The first-order valence-electron chi connectivity index (χ1n) is 11.9. The summed E-state index contributed by atoms with van der Waals surface area (Å²) in [6, 6.07) is 25.4. The number of thiocarbonyl (C=S) groups is 1. The first kappa shape index (κ1) is 23.1. The Morgan fingerprint density at radius 1 is 0.914 bits per heavy atom. The van der Waals surface area contributed by atoms with Crippen molar-refractivity contribution in [2.45, 2.75) is 32.9 Å². The molecule has 1 saturated heterocycles. The zero-order valence-corrected chi connectivity index (χ0v) is 21.7. The van der Waals surface area contributed by atoms with Gasteiger partial charge in [-0.05, 0) is 92.6 Å². The third kappa shape index (κ3) is 4.08. The molecule has 1 aliphatic heterocycles. The van der Waals surface area contributed by atoms with Crippen LogP contribution >= 0.6 is 12.2 Å². The number of nitrogens with zero attached hydrogens (tertiary/aromatic N) is 4. The van der Waals surface area contributed by atoms with Crippen LogP contribution in [0.2, 0.25) is 0 Å². The molecule has 5 rings (SSSR count). The molecule has 0 amide bonds. The summed E-state index contributed by atoms with van der Waals surface area (Å²) < 4.78 is 2.36. The van der Waals surface area contributed by atoms with Crippen LogP contribution in [0.4, 0.5) is 11.4 Å². The highest BCUT2D eigenvalue weighted by Gasteiger charge is 2.42. The summed E-state index contributed by atoms with van der Waals surface area (Å²) >= 11 is 5.93. The van der Waals surface area contributed by atoms with Crippen LogP contribution in [0.25, 0.3) is 5.69 Å². The summed E-state index contributed by atoms with van der Waals surface area (Å²) in [6.07, 6.45) is 1.85.